The zero-order valence-corrected chi connectivity index (χ0v) is 13.4. The van der Waals surface area contributed by atoms with Gasteiger partial charge in [0.05, 0.1) is 0 Å². The minimum absolute atomic E-state index is 0.00210. The van der Waals surface area contributed by atoms with Crippen molar-refractivity contribution in [3.63, 3.8) is 0 Å². The maximum Gasteiger partial charge on any atom is 0.245 e. The quantitative estimate of drug-likeness (QED) is 0.730. The van der Waals surface area contributed by atoms with Crippen LogP contribution in [0.3, 0.4) is 0 Å². The van der Waals surface area contributed by atoms with E-state index >= 15 is 0 Å². The molecule has 1 rings (SSSR count). The van der Waals surface area contributed by atoms with Gasteiger partial charge in [-0.2, -0.15) is 0 Å². The average molecular weight is 282 g/mol. The van der Waals surface area contributed by atoms with Crippen LogP contribution in [0, 0.1) is 5.92 Å². The summed E-state index contributed by atoms with van der Waals surface area (Å²) in [4.78, 5) is 26.2. The highest BCUT2D eigenvalue weighted by atomic mass is 16.2. The summed E-state index contributed by atoms with van der Waals surface area (Å²) < 4.78 is 0. The molecule has 0 aromatic rings. The van der Waals surface area contributed by atoms with Crippen molar-refractivity contribution in [3.05, 3.63) is 0 Å². The Kier molecular flexibility index (Phi) is 7.03. The maximum absolute atomic E-state index is 12.6. The molecule has 0 aromatic heterocycles. The number of carbonyl (C=O) groups is 2. The van der Waals surface area contributed by atoms with E-state index in [1.165, 1.54) is 19.3 Å². The average Bonchev–Trinajstić information content (AvgIpc) is 2.54. The van der Waals surface area contributed by atoms with Crippen molar-refractivity contribution >= 4 is 11.8 Å². The van der Waals surface area contributed by atoms with Crippen molar-refractivity contribution in [1.82, 2.24) is 10.2 Å². The zero-order valence-electron chi connectivity index (χ0n) is 13.4. The molecule has 2 amide bonds. The predicted octanol–water partition coefficient (Wildman–Crippen LogP) is 2.72. The molecule has 0 spiro atoms. The van der Waals surface area contributed by atoms with Gasteiger partial charge in [-0.3, -0.25) is 9.59 Å². The molecular weight excluding hydrogens is 252 g/mol. The van der Waals surface area contributed by atoms with Gasteiger partial charge in [0.2, 0.25) is 11.8 Å². The van der Waals surface area contributed by atoms with Crippen molar-refractivity contribution in [2.75, 3.05) is 6.54 Å². The standard InChI is InChI=1S/C16H30N2O2/c1-5-6-7-8-9-13(4)18-11-10-14(19)17-15(12(2)3)16(18)20/h12-13,15H,5-11H2,1-4H3,(H,17,19). The van der Waals surface area contributed by atoms with Gasteiger partial charge in [-0.05, 0) is 19.3 Å². The molecule has 1 aliphatic rings. The molecule has 2 unspecified atom stereocenters. The maximum atomic E-state index is 12.6. The number of nitrogens with one attached hydrogen (secondary N) is 1. The van der Waals surface area contributed by atoms with Crippen molar-refractivity contribution in [3.8, 4) is 0 Å². The second kappa shape index (κ2) is 8.28. The molecule has 20 heavy (non-hydrogen) atoms. The van der Waals surface area contributed by atoms with Crippen molar-refractivity contribution in [2.24, 2.45) is 5.92 Å². The largest absolute Gasteiger partial charge is 0.344 e. The molecule has 4 heteroatoms. The Morgan fingerprint density at radius 2 is 1.90 bits per heavy atom. The lowest BCUT2D eigenvalue weighted by Gasteiger charge is -2.31. The van der Waals surface area contributed by atoms with Crippen LogP contribution in [0.5, 0.6) is 0 Å². The summed E-state index contributed by atoms with van der Waals surface area (Å²) in [6, 6.07) is -0.128. The molecule has 116 valence electrons. The Morgan fingerprint density at radius 3 is 2.50 bits per heavy atom. The molecule has 4 nitrogen and oxygen atoms in total. The van der Waals surface area contributed by atoms with Crippen LogP contribution in [0.2, 0.25) is 0 Å². The lowest BCUT2D eigenvalue weighted by Crippen LogP contribution is -2.50. The highest BCUT2D eigenvalue weighted by Gasteiger charge is 2.33. The predicted molar refractivity (Wildman–Crippen MR) is 81.3 cm³/mol. The van der Waals surface area contributed by atoms with Crippen molar-refractivity contribution < 1.29 is 9.59 Å². The molecule has 0 aromatic carbocycles. The van der Waals surface area contributed by atoms with E-state index in [1.54, 1.807) is 0 Å². The third-order valence-electron chi connectivity index (χ3n) is 4.12. The van der Waals surface area contributed by atoms with Crippen LogP contribution in [-0.4, -0.2) is 35.3 Å². The number of rotatable bonds is 7. The van der Waals surface area contributed by atoms with Crippen LogP contribution in [0.15, 0.2) is 0 Å². The van der Waals surface area contributed by atoms with Crippen LogP contribution in [0.1, 0.15) is 66.2 Å². The summed E-state index contributed by atoms with van der Waals surface area (Å²) in [6.45, 7) is 8.84. The summed E-state index contributed by atoms with van der Waals surface area (Å²) >= 11 is 0. The van der Waals surface area contributed by atoms with E-state index in [1.807, 2.05) is 18.7 Å². The summed E-state index contributed by atoms with van der Waals surface area (Å²) in [5, 5.41) is 2.86. The lowest BCUT2D eigenvalue weighted by atomic mass is 10.0. The normalized spacial score (nSPS) is 21.9. The van der Waals surface area contributed by atoms with E-state index in [4.69, 9.17) is 0 Å². The highest BCUT2D eigenvalue weighted by Crippen LogP contribution is 2.17. The van der Waals surface area contributed by atoms with E-state index in [0.717, 1.165) is 12.8 Å². The van der Waals surface area contributed by atoms with Gasteiger partial charge in [-0.15, -0.1) is 0 Å². The van der Waals surface area contributed by atoms with Crippen molar-refractivity contribution in [1.29, 1.82) is 0 Å². The molecule has 1 N–H and O–H groups in total. The van der Waals surface area contributed by atoms with Gasteiger partial charge in [0.1, 0.15) is 6.04 Å². The fraction of sp³-hybridized carbons (Fsp3) is 0.875. The highest BCUT2D eigenvalue weighted by molar-refractivity contribution is 5.90. The summed E-state index contributed by atoms with van der Waals surface area (Å²) in [5.74, 6) is 0.228. The number of hydrogen-bond acceptors (Lipinski definition) is 2. The van der Waals surface area contributed by atoms with Crippen LogP contribution in [-0.2, 0) is 9.59 Å². The molecule has 2 atom stereocenters. The molecule has 0 aliphatic carbocycles. The molecule has 1 fully saturated rings. The van der Waals surface area contributed by atoms with Crippen LogP contribution >= 0.6 is 0 Å². The molecule has 1 saturated heterocycles. The monoisotopic (exact) mass is 282 g/mol. The molecule has 1 heterocycles. The van der Waals surface area contributed by atoms with E-state index in [9.17, 15) is 9.59 Å². The second-order valence-electron chi connectivity index (χ2n) is 6.27. The number of carbonyl (C=O) groups excluding carboxylic acids is 2. The minimum atomic E-state index is -0.358. The fourth-order valence-electron chi connectivity index (χ4n) is 2.73. The van der Waals surface area contributed by atoms with Crippen LogP contribution < -0.4 is 5.32 Å². The van der Waals surface area contributed by atoms with E-state index in [0.29, 0.717) is 13.0 Å². The van der Waals surface area contributed by atoms with Gasteiger partial charge >= 0.3 is 0 Å². The van der Waals surface area contributed by atoms with Gasteiger partial charge in [0, 0.05) is 19.0 Å². The van der Waals surface area contributed by atoms with Gasteiger partial charge in [-0.1, -0.05) is 46.5 Å². The molecular formula is C16H30N2O2. The second-order valence-corrected chi connectivity index (χ2v) is 6.27. The third kappa shape index (κ3) is 4.80. The van der Waals surface area contributed by atoms with E-state index < -0.39 is 0 Å². The number of nitrogens with zero attached hydrogens (tertiary/aromatic N) is 1. The number of hydrogen-bond donors (Lipinski definition) is 1. The topological polar surface area (TPSA) is 49.4 Å². The Morgan fingerprint density at radius 1 is 1.20 bits per heavy atom. The Hall–Kier alpha value is -1.06. The number of amides is 2. The first-order valence-electron chi connectivity index (χ1n) is 8.07. The summed E-state index contributed by atoms with van der Waals surface area (Å²) in [5.41, 5.74) is 0. The Bertz CT molecular complexity index is 328. The lowest BCUT2D eigenvalue weighted by molar-refractivity contribution is -0.136. The van der Waals surface area contributed by atoms with Crippen LogP contribution in [0.4, 0.5) is 0 Å². The van der Waals surface area contributed by atoms with Gasteiger partial charge in [-0.25, -0.2) is 0 Å². The van der Waals surface area contributed by atoms with Gasteiger partial charge in [0.15, 0.2) is 0 Å². The Labute approximate surface area is 123 Å². The third-order valence-corrected chi connectivity index (χ3v) is 4.12. The first-order chi connectivity index (χ1) is 9.47. The zero-order chi connectivity index (χ0) is 15.1. The Balaban J connectivity index is 2.61. The smallest absolute Gasteiger partial charge is 0.245 e. The molecule has 0 radical (unpaired) electrons. The number of unbranched alkanes of at least 4 members (excludes halogenated alkanes) is 3. The van der Waals surface area contributed by atoms with Crippen LogP contribution in [0.25, 0.3) is 0 Å². The molecule has 0 saturated carbocycles. The first-order valence-corrected chi connectivity index (χ1v) is 8.07. The van der Waals surface area contributed by atoms with Crippen molar-refractivity contribution in [2.45, 2.75) is 78.3 Å². The minimum Gasteiger partial charge on any atom is -0.344 e. The summed E-state index contributed by atoms with van der Waals surface area (Å²) in [7, 11) is 0. The van der Waals surface area contributed by atoms with E-state index in [2.05, 4.69) is 19.2 Å². The molecule has 0 bridgehead atoms. The van der Waals surface area contributed by atoms with Gasteiger partial charge < -0.3 is 10.2 Å². The fourth-order valence-corrected chi connectivity index (χ4v) is 2.73. The molecule has 1 aliphatic heterocycles. The van der Waals surface area contributed by atoms with Gasteiger partial charge in [0.25, 0.3) is 0 Å². The van der Waals surface area contributed by atoms with E-state index in [-0.39, 0.29) is 29.8 Å². The SMILES string of the molecule is CCCCCCC(C)N1CCC(=O)NC(C(C)C)C1=O. The first kappa shape index (κ1) is 17.0. The summed E-state index contributed by atoms with van der Waals surface area (Å²) in [6.07, 6.45) is 6.33.